The third-order valence-electron chi connectivity index (χ3n) is 9.83. The van der Waals surface area contributed by atoms with E-state index in [1.807, 2.05) is 23.9 Å². The van der Waals surface area contributed by atoms with E-state index in [1.54, 1.807) is 11.3 Å². The molecule has 0 saturated heterocycles. The van der Waals surface area contributed by atoms with E-state index in [-0.39, 0.29) is 5.41 Å². The van der Waals surface area contributed by atoms with Crippen LogP contribution in [0.1, 0.15) is 22.3 Å². The lowest BCUT2D eigenvalue weighted by molar-refractivity contribution is 0.722. The molecule has 1 spiro atoms. The Morgan fingerprint density at radius 3 is 1.57 bits per heavy atom. The highest BCUT2D eigenvalue weighted by Gasteiger charge is 2.50. The molecular formula is C45H28N2S2. The minimum Gasteiger partial charge on any atom is -0.227 e. The molecule has 0 N–H and O–H groups in total. The molecule has 4 heteroatoms. The minimum atomic E-state index is -0.358. The highest BCUT2D eigenvalue weighted by atomic mass is 32.2. The second-order valence-electron chi connectivity index (χ2n) is 12.5. The maximum Gasteiger partial charge on any atom is 0.170 e. The minimum absolute atomic E-state index is 0.358. The first-order valence-corrected chi connectivity index (χ1v) is 18.1. The summed E-state index contributed by atoms with van der Waals surface area (Å²) in [4.78, 5) is 15.0. The molecular weight excluding hydrogens is 633 g/mol. The van der Waals surface area contributed by atoms with Gasteiger partial charge in [0.15, 0.2) is 5.82 Å². The topological polar surface area (TPSA) is 25.8 Å². The summed E-state index contributed by atoms with van der Waals surface area (Å²) < 4.78 is 0. The molecule has 0 saturated carbocycles. The first kappa shape index (κ1) is 28.5. The van der Waals surface area contributed by atoms with Gasteiger partial charge in [-0.2, -0.15) is 0 Å². The molecule has 2 aliphatic rings. The van der Waals surface area contributed by atoms with Crippen LogP contribution in [0.25, 0.3) is 54.8 Å². The molecule has 230 valence electrons. The summed E-state index contributed by atoms with van der Waals surface area (Å²) in [5, 5.41) is 0. The molecule has 0 bridgehead atoms. The number of aromatic nitrogens is 2. The Morgan fingerprint density at radius 1 is 0.388 bits per heavy atom. The van der Waals surface area contributed by atoms with Crippen molar-refractivity contribution in [3.8, 4) is 54.8 Å². The second-order valence-corrected chi connectivity index (χ2v) is 14.7. The molecule has 0 amide bonds. The molecule has 2 nitrogen and oxygen atoms in total. The van der Waals surface area contributed by atoms with Crippen molar-refractivity contribution in [3.63, 3.8) is 0 Å². The zero-order valence-corrected chi connectivity index (χ0v) is 28.0. The van der Waals surface area contributed by atoms with Gasteiger partial charge in [0.2, 0.25) is 0 Å². The molecule has 1 aliphatic carbocycles. The Labute approximate surface area is 293 Å². The summed E-state index contributed by atoms with van der Waals surface area (Å²) in [7, 11) is 0. The zero-order chi connectivity index (χ0) is 32.4. The van der Waals surface area contributed by atoms with Gasteiger partial charge < -0.3 is 0 Å². The Hall–Kier alpha value is -5.55. The van der Waals surface area contributed by atoms with Crippen molar-refractivity contribution in [2.45, 2.75) is 15.2 Å². The summed E-state index contributed by atoms with van der Waals surface area (Å²) in [6, 6.07) is 61.2. The molecule has 0 fully saturated rings. The molecule has 0 unspecified atom stereocenters. The Bertz CT molecular complexity index is 2430. The van der Waals surface area contributed by atoms with Crippen LogP contribution in [0.4, 0.5) is 0 Å². The molecule has 3 heterocycles. The SMILES string of the molecule is c1ccc(-c2cc(-c3ccccc3)nc(-c3ccc(-c4ccc5c(c4)Sc4ccccc4C54c5ccccc5-c5ccccc54)s3)n2)cc1. The summed E-state index contributed by atoms with van der Waals surface area (Å²) in [6.07, 6.45) is 0. The first-order valence-electron chi connectivity index (χ1n) is 16.5. The maximum atomic E-state index is 5.09. The summed E-state index contributed by atoms with van der Waals surface area (Å²) in [5.41, 5.74) is 12.9. The average molecular weight is 661 g/mol. The normalized spacial score (nSPS) is 13.4. The third-order valence-corrected chi connectivity index (χ3v) is 12.1. The number of thiophene rings is 1. The van der Waals surface area contributed by atoms with Crippen LogP contribution in [-0.2, 0) is 5.41 Å². The highest BCUT2D eigenvalue weighted by molar-refractivity contribution is 7.99. The van der Waals surface area contributed by atoms with Gasteiger partial charge in [0.05, 0.1) is 21.7 Å². The molecule has 6 aromatic carbocycles. The lowest BCUT2D eigenvalue weighted by Crippen LogP contribution is -2.31. The quantitative estimate of drug-likeness (QED) is 0.188. The van der Waals surface area contributed by atoms with Gasteiger partial charge in [0, 0.05) is 25.8 Å². The van der Waals surface area contributed by atoms with Crippen molar-refractivity contribution < 1.29 is 0 Å². The Morgan fingerprint density at radius 2 is 0.918 bits per heavy atom. The number of hydrogen-bond donors (Lipinski definition) is 0. The van der Waals surface area contributed by atoms with Crippen LogP contribution >= 0.6 is 23.1 Å². The van der Waals surface area contributed by atoms with Gasteiger partial charge >= 0.3 is 0 Å². The number of hydrogen-bond acceptors (Lipinski definition) is 4. The van der Waals surface area contributed by atoms with Crippen LogP contribution in [0.3, 0.4) is 0 Å². The number of rotatable bonds is 4. The maximum absolute atomic E-state index is 5.09. The zero-order valence-electron chi connectivity index (χ0n) is 26.4. The van der Waals surface area contributed by atoms with Gasteiger partial charge in [-0.05, 0) is 69.3 Å². The summed E-state index contributed by atoms with van der Waals surface area (Å²) >= 11 is 3.63. The molecule has 1 aliphatic heterocycles. The summed E-state index contributed by atoms with van der Waals surface area (Å²) in [5.74, 6) is 0.746. The van der Waals surface area contributed by atoms with E-state index < -0.39 is 0 Å². The van der Waals surface area contributed by atoms with Crippen LogP contribution in [-0.4, -0.2) is 9.97 Å². The van der Waals surface area contributed by atoms with Crippen molar-refractivity contribution in [2.24, 2.45) is 0 Å². The molecule has 49 heavy (non-hydrogen) atoms. The van der Waals surface area contributed by atoms with Gasteiger partial charge in [0.25, 0.3) is 0 Å². The molecule has 8 aromatic rings. The standard InChI is InChI=1S/C45H28N2S2/c1-3-13-29(14-4-1)38-28-39(30-15-5-2-6-16-30)47-44(46-38)42-26-25-40(48-42)31-23-24-37-43(27-31)49-41-22-12-11-21-36(41)45(37)34-19-9-7-17-32(34)33-18-8-10-20-35(33)45/h1-28H. The van der Waals surface area contributed by atoms with Crippen molar-refractivity contribution in [3.05, 3.63) is 192 Å². The van der Waals surface area contributed by atoms with Gasteiger partial charge in [-0.15, -0.1) is 11.3 Å². The number of fused-ring (bicyclic) bond motifs is 9. The fourth-order valence-corrected chi connectivity index (χ4v) is 9.87. The largest absolute Gasteiger partial charge is 0.227 e. The van der Waals surface area contributed by atoms with E-state index in [0.717, 1.165) is 33.2 Å². The molecule has 10 rings (SSSR count). The van der Waals surface area contributed by atoms with Gasteiger partial charge in [-0.1, -0.05) is 151 Å². The van der Waals surface area contributed by atoms with Crippen molar-refractivity contribution in [2.75, 3.05) is 0 Å². The van der Waals surface area contributed by atoms with Crippen LogP contribution in [0.15, 0.2) is 180 Å². The predicted octanol–water partition coefficient (Wildman–Crippen LogP) is 12.0. The van der Waals surface area contributed by atoms with Gasteiger partial charge in [-0.3, -0.25) is 0 Å². The lowest BCUT2D eigenvalue weighted by Gasteiger charge is -2.39. The Balaban J connectivity index is 1.11. The fourth-order valence-electron chi connectivity index (χ4n) is 7.70. The van der Waals surface area contributed by atoms with Crippen molar-refractivity contribution in [1.82, 2.24) is 9.97 Å². The van der Waals surface area contributed by atoms with Crippen molar-refractivity contribution >= 4 is 23.1 Å². The third kappa shape index (κ3) is 4.41. The second kappa shape index (κ2) is 11.3. The predicted molar refractivity (Wildman–Crippen MR) is 203 cm³/mol. The molecule has 0 atom stereocenters. The van der Waals surface area contributed by atoms with E-state index >= 15 is 0 Å². The van der Waals surface area contributed by atoms with Crippen molar-refractivity contribution in [1.29, 1.82) is 0 Å². The average Bonchev–Trinajstić information content (AvgIpc) is 3.78. The van der Waals surface area contributed by atoms with Gasteiger partial charge in [0.1, 0.15) is 0 Å². The van der Waals surface area contributed by atoms with Crippen LogP contribution < -0.4 is 0 Å². The highest BCUT2D eigenvalue weighted by Crippen LogP contribution is 2.62. The molecule has 2 aromatic heterocycles. The van der Waals surface area contributed by atoms with E-state index in [0.29, 0.717) is 0 Å². The molecule has 0 radical (unpaired) electrons. The van der Waals surface area contributed by atoms with E-state index in [2.05, 4.69) is 158 Å². The van der Waals surface area contributed by atoms with Crippen LogP contribution in [0.2, 0.25) is 0 Å². The fraction of sp³-hybridized carbons (Fsp3) is 0.0222. The number of benzene rings is 6. The first-order chi connectivity index (χ1) is 24.3. The van der Waals surface area contributed by atoms with E-state index in [1.165, 1.54) is 53.6 Å². The summed E-state index contributed by atoms with van der Waals surface area (Å²) in [6.45, 7) is 0. The van der Waals surface area contributed by atoms with Gasteiger partial charge in [-0.25, -0.2) is 9.97 Å². The smallest absolute Gasteiger partial charge is 0.170 e. The van der Waals surface area contributed by atoms with E-state index in [9.17, 15) is 0 Å². The Kier molecular flexibility index (Phi) is 6.55. The van der Waals surface area contributed by atoms with Crippen LogP contribution in [0, 0.1) is 0 Å². The van der Waals surface area contributed by atoms with Crippen LogP contribution in [0.5, 0.6) is 0 Å². The van der Waals surface area contributed by atoms with E-state index in [4.69, 9.17) is 9.97 Å². The monoisotopic (exact) mass is 660 g/mol. The lowest BCUT2D eigenvalue weighted by atomic mass is 9.67. The number of nitrogens with zero attached hydrogens (tertiary/aromatic N) is 2.